The topological polar surface area (TPSA) is 68.5 Å². The molecular weight excluding hydrogens is 244 g/mol. The third-order valence-electron chi connectivity index (χ3n) is 3.66. The normalized spacial score (nSPS) is 17.1. The Balaban J connectivity index is 1.70. The van der Waals surface area contributed by atoms with Crippen LogP contribution in [0.4, 0.5) is 0 Å². The van der Waals surface area contributed by atoms with Crippen LogP contribution >= 0.6 is 0 Å². The molecule has 0 spiro atoms. The molecule has 100 valence electrons. The number of rotatable bonds is 4. The van der Waals surface area contributed by atoms with Crippen LogP contribution in [0.5, 0.6) is 0 Å². The largest absolute Gasteiger partial charge is 0.380 e. The van der Waals surface area contributed by atoms with E-state index in [0.717, 1.165) is 19.6 Å². The second-order valence-electron chi connectivity index (χ2n) is 4.98. The summed E-state index contributed by atoms with van der Waals surface area (Å²) in [4.78, 5) is 20.3. The summed E-state index contributed by atoms with van der Waals surface area (Å²) in [5.41, 5.74) is 0.498. The third kappa shape index (κ3) is 2.19. The number of carbonyl (C=O) groups is 1. The second kappa shape index (κ2) is 4.62. The van der Waals surface area contributed by atoms with Crippen molar-refractivity contribution >= 4 is 11.7 Å². The van der Waals surface area contributed by atoms with Gasteiger partial charge in [-0.2, -0.15) is 0 Å². The number of nitrogens with zero attached hydrogens (tertiary/aromatic N) is 3. The van der Waals surface area contributed by atoms with Crippen LogP contribution in [0.15, 0.2) is 24.7 Å². The van der Waals surface area contributed by atoms with Gasteiger partial charge in [0.1, 0.15) is 5.69 Å². The molecule has 3 heterocycles. The van der Waals surface area contributed by atoms with Crippen LogP contribution in [0, 0.1) is 5.41 Å². The zero-order chi connectivity index (χ0) is 13.3. The minimum absolute atomic E-state index is 0.104. The van der Waals surface area contributed by atoms with Crippen molar-refractivity contribution in [2.24, 2.45) is 5.41 Å². The summed E-state index contributed by atoms with van der Waals surface area (Å²) >= 11 is 0. The molecule has 0 unspecified atom stereocenters. The number of hydrogen-bond acceptors (Lipinski definition) is 4. The van der Waals surface area contributed by atoms with Crippen LogP contribution in [-0.2, 0) is 4.74 Å². The molecule has 0 aromatic carbocycles. The SMILES string of the molecule is CCC1(CNC(=O)c2cn3cccnc3n2)COC1. The van der Waals surface area contributed by atoms with Crippen LogP contribution in [-0.4, -0.2) is 40.0 Å². The van der Waals surface area contributed by atoms with Crippen molar-refractivity contribution in [3.05, 3.63) is 30.4 Å². The van der Waals surface area contributed by atoms with E-state index in [2.05, 4.69) is 22.2 Å². The van der Waals surface area contributed by atoms with Gasteiger partial charge in [0.15, 0.2) is 0 Å². The fourth-order valence-electron chi connectivity index (χ4n) is 2.12. The second-order valence-corrected chi connectivity index (χ2v) is 4.98. The number of amides is 1. The van der Waals surface area contributed by atoms with E-state index in [-0.39, 0.29) is 11.3 Å². The Bertz CT molecular complexity index is 565. The van der Waals surface area contributed by atoms with Gasteiger partial charge in [-0.1, -0.05) is 6.92 Å². The predicted octanol–water partition coefficient (Wildman–Crippen LogP) is 0.886. The first kappa shape index (κ1) is 12.1. The molecular formula is C13H16N4O2. The van der Waals surface area contributed by atoms with E-state index in [1.807, 2.05) is 6.20 Å². The molecule has 3 rings (SSSR count). The monoisotopic (exact) mass is 260 g/mol. The lowest BCUT2D eigenvalue weighted by Crippen LogP contribution is -2.50. The highest BCUT2D eigenvalue weighted by Crippen LogP contribution is 2.30. The molecule has 1 N–H and O–H groups in total. The highest BCUT2D eigenvalue weighted by atomic mass is 16.5. The average molecular weight is 260 g/mol. The van der Waals surface area contributed by atoms with Crippen LogP contribution in [0.3, 0.4) is 0 Å². The molecule has 0 aliphatic carbocycles. The summed E-state index contributed by atoms with van der Waals surface area (Å²) in [7, 11) is 0. The van der Waals surface area contributed by atoms with E-state index in [0.29, 0.717) is 18.0 Å². The first-order valence-corrected chi connectivity index (χ1v) is 6.38. The Morgan fingerprint density at radius 2 is 2.42 bits per heavy atom. The van der Waals surface area contributed by atoms with E-state index in [9.17, 15) is 4.79 Å². The zero-order valence-electron chi connectivity index (χ0n) is 10.8. The Morgan fingerprint density at radius 3 is 3.05 bits per heavy atom. The van der Waals surface area contributed by atoms with Crippen LogP contribution in [0.2, 0.25) is 0 Å². The van der Waals surface area contributed by atoms with Crippen LogP contribution < -0.4 is 5.32 Å². The third-order valence-corrected chi connectivity index (χ3v) is 3.66. The van der Waals surface area contributed by atoms with Crippen molar-refractivity contribution in [3.8, 4) is 0 Å². The highest BCUT2D eigenvalue weighted by molar-refractivity contribution is 5.92. The Hall–Kier alpha value is -1.95. The van der Waals surface area contributed by atoms with Gasteiger partial charge >= 0.3 is 0 Å². The number of nitrogens with one attached hydrogen (secondary N) is 1. The van der Waals surface area contributed by atoms with Gasteiger partial charge in [-0.3, -0.25) is 9.20 Å². The smallest absolute Gasteiger partial charge is 0.271 e. The minimum atomic E-state index is -0.162. The maximum absolute atomic E-state index is 12.1. The van der Waals surface area contributed by atoms with E-state index in [1.165, 1.54) is 0 Å². The molecule has 6 nitrogen and oxygen atoms in total. The molecule has 1 amide bonds. The molecule has 1 aliphatic heterocycles. The highest BCUT2D eigenvalue weighted by Gasteiger charge is 2.37. The quantitative estimate of drug-likeness (QED) is 0.886. The van der Waals surface area contributed by atoms with E-state index >= 15 is 0 Å². The molecule has 0 bridgehead atoms. The first-order chi connectivity index (χ1) is 9.22. The Morgan fingerprint density at radius 1 is 1.58 bits per heavy atom. The number of fused-ring (bicyclic) bond motifs is 1. The van der Waals surface area contributed by atoms with Gasteiger partial charge < -0.3 is 10.1 Å². The number of aromatic nitrogens is 3. The molecule has 2 aromatic rings. The molecule has 0 atom stereocenters. The predicted molar refractivity (Wildman–Crippen MR) is 68.9 cm³/mol. The van der Waals surface area contributed by atoms with Crippen molar-refractivity contribution in [2.45, 2.75) is 13.3 Å². The number of imidazole rings is 1. The average Bonchev–Trinajstić information content (AvgIpc) is 2.81. The van der Waals surface area contributed by atoms with E-state index < -0.39 is 0 Å². The first-order valence-electron chi connectivity index (χ1n) is 6.38. The van der Waals surface area contributed by atoms with Crippen molar-refractivity contribution in [1.29, 1.82) is 0 Å². The van der Waals surface area contributed by atoms with Crippen molar-refractivity contribution in [3.63, 3.8) is 0 Å². The molecule has 1 aliphatic rings. The number of carbonyl (C=O) groups excluding carboxylic acids is 1. The Labute approximate surface area is 110 Å². The number of ether oxygens (including phenoxy) is 1. The maximum atomic E-state index is 12.1. The molecule has 2 aromatic heterocycles. The van der Waals surface area contributed by atoms with Crippen molar-refractivity contribution in [2.75, 3.05) is 19.8 Å². The maximum Gasteiger partial charge on any atom is 0.271 e. The molecule has 0 saturated carbocycles. The summed E-state index contributed by atoms with van der Waals surface area (Å²) in [5, 5.41) is 2.93. The van der Waals surface area contributed by atoms with Gasteiger partial charge in [0.2, 0.25) is 5.78 Å². The molecule has 1 saturated heterocycles. The lowest BCUT2D eigenvalue weighted by molar-refractivity contribution is -0.111. The van der Waals surface area contributed by atoms with Gasteiger partial charge in [-0.05, 0) is 12.5 Å². The van der Waals surface area contributed by atoms with E-state index in [4.69, 9.17) is 4.74 Å². The summed E-state index contributed by atoms with van der Waals surface area (Å²) < 4.78 is 6.97. The summed E-state index contributed by atoms with van der Waals surface area (Å²) in [6.07, 6.45) is 6.16. The summed E-state index contributed by atoms with van der Waals surface area (Å²) in [6, 6.07) is 1.80. The van der Waals surface area contributed by atoms with Crippen molar-refractivity contribution < 1.29 is 9.53 Å². The van der Waals surface area contributed by atoms with Crippen LogP contribution in [0.1, 0.15) is 23.8 Å². The fraction of sp³-hybridized carbons (Fsp3) is 0.462. The fourth-order valence-corrected chi connectivity index (χ4v) is 2.12. The Kier molecular flexibility index (Phi) is 2.94. The summed E-state index contributed by atoms with van der Waals surface area (Å²) in [6.45, 7) is 4.18. The van der Waals surface area contributed by atoms with Gasteiger partial charge in [0.25, 0.3) is 5.91 Å². The lowest BCUT2D eigenvalue weighted by Gasteiger charge is -2.40. The van der Waals surface area contributed by atoms with E-state index in [1.54, 1.807) is 22.9 Å². The van der Waals surface area contributed by atoms with Crippen LogP contribution in [0.25, 0.3) is 5.78 Å². The molecule has 0 radical (unpaired) electrons. The van der Waals surface area contributed by atoms with Gasteiger partial charge in [-0.15, -0.1) is 0 Å². The lowest BCUT2D eigenvalue weighted by atomic mass is 9.83. The number of hydrogen-bond donors (Lipinski definition) is 1. The van der Waals surface area contributed by atoms with Gasteiger partial charge in [0, 0.05) is 30.6 Å². The molecule has 6 heteroatoms. The van der Waals surface area contributed by atoms with Crippen molar-refractivity contribution in [1.82, 2.24) is 19.7 Å². The molecule has 1 fully saturated rings. The van der Waals surface area contributed by atoms with Gasteiger partial charge in [-0.25, -0.2) is 9.97 Å². The molecule has 19 heavy (non-hydrogen) atoms. The minimum Gasteiger partial charge on any atom is -0.380 e. The summed E-state index contributed by atoms with van der Waals surface area (Å²) in [5.74, 6) is 0.370. The zero-order valence-corrected chi connectivity index (χ0v) is 10.8. The van der Waals surface area contributed by atoms with Gasteiger partial charge in [0.05, 0.1) is 13.2 Å². The standard InChI is InChI=1S/C13H16N4O2/c1-2-13(8-19-9-13)7-15-11(18)10-6-17-5-3-4-14-12(17)16-10/h3-6H,2,7-9H2,1H3,(H,15,18).